The molecule has 4 aromatic rings. The molecule has 1 N–H and O–H groups in total. The van der Waals surface area contributed by atoms with Crippen LogP contribution in [0.15, 0.2) is 72.9 Å². The molecular formula is C37H43N5O5. The van der Waals surface area contributed by atoms with Crippen molar-refractivity contribution in [1.29, 1.82) is 0 Å². The number of hydrogen-bond donors (Lipinski definition) is 1. The second kappa shape index (κ2) is 15.6. The van der Waals surface area contributed by atoms with Gasteiger partial charge in [0, 0.05) is 56.8 Å². The van der Waals surface area contributed by atoms with Crippen molar-refractivity contribution >= 4 is 40.0 Å². The van der Waals surface area contributed by atoms with Gasteiger partial charge in [-0.15, -0.1) is 0 Å². The highest BCUT2D eigenvalue weighted by atomic mass is 16.5. The number of para-hydroxylation sites is 1. The van der Waals surface area contributed by atoms with Crippen molar-refractivity contribution in [1.82, 2.24) is 14.8 Å². The summed E-state index contributed by atoms with van der Waals surface area (Å²) in [5.74, 6) is 0.628. The summed E-state index contributed by atoms with van der Waals surface area (Å²) in [4.78, 5) is 49.5. The number of amides is 3. The van der Waals surface area contributed by atoms with Gasteiger partial charge in [-0.25, -0.2) is 0 Å². The number of aromatic nitrogens is 1. The number of unbranched alkanes of at least 4 members (excludes halogenated alkanes) is 2. The number of rotatable bonds is 12. The van der Waals surface area contributed by atoms with E-state index in [1.54, 1.807) is 42.4 Å². The van der Waals surface area contributed by atoms with Crippen molar-refractivity contribution < 1.29 is 23.9 Å². The zero-order chi connectivity index (χ0) is 33.3. The Morgan fingerprint density at radius 1 is 0.915 bits per heavy atom. The first kappa shape index (κ1) is 33.4. The smallest absolute Gasteiger partial charge is 0.258 e. The molecular weight excluding hydrogens is 594 g/mol. The summed E-state index contributed by atoms with van der Waals surface area (Å²) in [7, 11) is 5.29. The van der Waals surface area contributed by atoms with Crippen LogP contribution < -0.4 is 19.7 Å². The highest BCUT2D eigenvalue weighted by Gasteiger charge is 2.21. The van der Waals surface area contributed by atoms with Gasteiger partial charge >= 0.3 is 0 Å². The predicted molar refractivity (Wildman–Crippen MR) is 185 cm³/mol. The van der Waals surface area contributed by atoms with Gasteiger partial charge in [-0.3, -0.25) is 19.4 Å². The first-order valence-electron chi connectivity index (χ1n) is 16.1. The van der Waals surface area contributed by atoms with E-state index in [1.807, 2.05) is 54.3 Å². The minimum atomic E-state index is -0.327. The fourth-order valence-electron chi connectivity index (χ4n) is 5.67. The average molecular weight is 638 g/mol. The van der Waals surface area contributed by atoms with Crippen LogP contribution in [0.2, 0.25) is 0 Å². The number of methoxy groups -OCH3 is 1. The Morgan fingerprint density at radius 2 is 1.70 bits per heavy atom. The highest BCUT2D eigenvalue weighted by molar-refractivity contribution is 6.13. The number of nitrogens with zero attached hydrogens (tertiary/aromatic N) is 4. The van der Waals surface area contributed by atoms with Crippen LogP contribution in [0.3, 0.4) is 0 Å². The summed E-state index contributed by atoms with van der Waals surface area (Å²) in [6.07, 6.45) is 4.73. The second-order valence-corrected chi connectivity index (χ2v) is 11.9. The molecule has 0 unspecified atom stereocenters. The number of fused-ring (bicyclic) bond motifs is 1. The largest absolute Gasteiger partial charge is 0.495 e. The topological polar surface area (TPSA) is 104 Å². The SMILES string of the molecule is COc1cc(C(=O)N(C)c2ccc(C)cc2OCCCCCC(=O)N2CCN(C)CC2)ccc1NC(=O)c1cccc2cccnc12. The van der Waals surface area contributed by atoms with Gasteiger partial charge in [0.05, 0.1) is 36.2 Å². The van der Waals surface area contributed by atoms with Crippen LogP contribution in [0.25, 0.3) is 10.9 Å². The first-order valence-corrected chi connectivity index (χ1v) is 16.1. The maximum absolute atomic E-state index is 13.7. The molecule has 1 aromatic heterocycles. The molecule has 0 saturated carbocycles. The molecule has 246 valence electrons. The van der Waals surface area contributed by atoms with E-state index in [4.69, 9.17) is 9.47 Å². The molecule has 0 bridgehead atoms. The Labute approximate surface area is 276 Å². The minimum absolute atomic E-state index is 0.231. The molecule has 3 aromatic carbocycles. The fourth-order valence-corrected chi connectivity index (χ4v) is 5.67. The first-order chi connectivity index (χ1) is 22.7. The Hall–Kier alpha value is -4.96. The number of likely N-dealkylation sites (N-methyl/N-ethyl adjacent to an activating group) is 1. The van der Waals surface area contributed by atoms with Gasteiger partial charge in [0.15, 0.2) is 0 Å². The van der Waals surface area contributed by atoms with E-state index in [0.717, 1.165) is 56.4 Å². The van der Waals surface area contributed by atoms with E-state index >= 15 is 0 Å². The van der Waals surface area contributed by atoms with E-state index < -0.39 is 0 Å². The molecule has 10 heteroatoms. The number of piperazine rings is 1. The van der Waals surface area contributed by atoms with Crippen LogP contribution in [-0.2, 0) is 4.79 Å². The number of nitrogens with one attached hydrogen (secondary N) is 1. The van der Waals surface area contributed by atoms with Gasteiger partial charge < -0.3 is 29.5 Å². The van der Waals surface area contributed by atoms with E-state index in [9.17, 15) is 14.4 Å². The summed E-state index contributed by atoms with van der Waals surface area (Å²) in [6.45, 7) is 5.93. The Morgan fingerprint density at radius 3 is 2.49 bits per heavy atom. The average Bonchev–Trinajstić information content (AvgIpc) is 3.09. The maximum Gasteiger partial charge on any atom is 0.258 e. The summed E-state index contributed by atoms with van der Waals surface area (Å²) in [6, 6.07) is 19.9. The minimum Gasteiger partial charge on any atom is -0.495 e. The number of carbonyl (C=O) groups is 3. The van der Waals surface area contributed by atoms with Crippen LogP contribution >= 0.6 is 0 Å². The summed E-state index contributed by atoms with van der Waals surface area (Å²) in [5, 5.41) is 3.77. The molecule has 1 saturated heterocycles. The third-order valence-electron chi connectivity index (χ3n) is 8.50. The lowest BCUT2D eigenvalue weighted by molar-refractivity contribution is -0.132. The van der Waals surface area contributed by atoms with Crippen molar-refractivity contribution in [2.24, 2.45) is 0 Å². The zero-order valence-electron chi connectivity index (χ0n) is 27.6. The number of hydrogen-bond acceptors (Lipinski definition) is 7. The summed E-state index contributed by atoms with van der Waals surface area (Å²) < 4.78 is 11.7. The number of carbonyl (C=O) groups excluding carboxylic acids is 3. The van der Waals surface area contributed by atoms with Gasteiger partial charge in [-0.1, -0.05) is 24.3 Å². The van der Waals surface area contributed by atoms with E-state index in [1.165, 1.54) is 7.11 Å². The molecule has 5 rings (SSSR count). The van der Waals surface area contributed by atoms with Gasteiger partial charge in [-0.05, 0) is 81.3 Å². The maximum atomic E-state index is 13.7. The molecule has 47 heavy (non-hydrogen) atoms. The normalized spacial score (nSPS) is 13.3. The van der Waals surface area contributed by atoms with Crippen LogP contribution in [0.1, 0.15) is 52.0 Å². The quantitative estimate of drug-likeness (QED) is 0.196. The number of ether oxygens (including phenoxy) is 2. The van der Waals surface area contributed by atoms with Crippen molar-refractivity contribution in [3.63, 3.8) is 0 Å². The highest BCUT2D eigenvalue weighted by Crippen LogP contribution is 2.32. The molecule has 0 spiro atoms. The monoisotopic (exact) mass is 637 g/mol. The molecule has 2 heterocycles. The lowest BCUT2D eigenvalue weighted by atomic mass is 10.1. The number of benzene rings is 3. The van der Waals surface area contributed by atoms with Gasteiger partial charge in [0.25, 0.3) is 11.8 Å². The third-order valence-corrected chi connectivity index (χ3v) is 8.50. The van der Waals surface area contributed by atoms with E-state index in [2.05, 4.69) is 22.2 Å². The van der Waals surface area contributed by atoms with Crippen LogP contribution in [0, 0.1) is 6.92 Å². The number of aryl methyl sites for hydroxylation is 1. The van der Waals surface area contributed by atoms with E-state index in [0.29, 0.717) is 52.5 Å². The Bertz CT molecular complexity index is 1730. The van der Waals surface area contributed by atoms with Crippen LogP contribution in [-0.4, -0.2) is 86.5 Å². The van der Waals surface area contributed by atoms with Crippen molar-refractivity contribution in [2.45, 2.75) is 32.6 Å². The lowest BCUT2D eigenvalue weighted by Crippen LogP contribution is -2.47. The Balaban J connectivity index is 1.19. The van der Waals surface area contributed by atoms with E-state index in [-0.39, 0.29) is 17.7 Å². The molecule has 10 nitrogen and oxygen atoms in total. The standard InChI is InChI=1S/C37H43N5O5/c1-26-14-17-31(33(24-26)47-23-7-5-6-13-34(43)42-21-19-40(2)20-22-42)41(3)37(45)28-15-16-30(32(25-28)46-4)39-36(44)29-12-8-10-27-11-9-18-38-35(27)29/h8-12,14-18,24-25H,5-7,13,19-23H2,1-4H3,(H,39,44). The van der Waals surface area contributed by atoms with Crippen molar-refractivity contribution in [2.75, 3.05) is 64.2 Å². The third kappa shape index (κ3) is 8.26. The summed E-state index contributed by atoms with van der Waals surface area (Å²) in [5.41, 5.74) is 3.54. The molecule has 1 aliphatic rings. The van der Waals surface area contributed by atoms with Crippen LogP contribution in [0.5, 0.6) is 11.5 Å². The van der Waals surface area contributed by atoms with Crippen molar-refractivity contribution in [3.05, 3.63) is 89.6 Å². The molecule has 0 radical (unpaired) electrons. The zero-order valence-corrected chi connectivity index (χ0v) is 27.6. The molecule has 1 aliphatic heterocycles. The molecule has 0 atom stereocenters. The van der Waals surface area contributed by atoms with Crippen molar-refractivity contribution in [3.8, 4) is 11.5 Å². The number of pyridine rings is 1. The summed E-state index contributed by atoms with van der Waals surface area (Å²) >= 11 is 0. The molecule has 1 fully saturated rings. The molecule has 0 aliphatic carbocycles. The number of anilines is 2. The lowest BCUT2D eigenvalue weighted by Gasteiger charge is -2.32. The van der Waals surface area contributed by atoms with Gasteiger partial charge in [0.1, 0.15) is 11.5 Å². The second-order valence-electron chi connectivity index (χ2n) is 11.9. The van der Waals surface area contributed by atoms with Crippen LogP contribution in [0.4, 0.5) is 11.4 Å². The fraction of sp³-hybridized carbons (Fsp3) is 0.351. The molecule has 3 amide bonds. The van der Waals surface area contributed by atoms with Gasteiger partial charge in [0.2, 0.25) is 5.91 Å². The Kier molecular flexibility index (Phi) is 11.1. The van der Waals surface area contributed by atoms with Gasteiger partial charge in [-0.2, -0.15) is 0 Å². The predicted octanol–water partition coefficient (Wildman–Crippen LogP) is 5.79.